The van der Waals surface area contributed by atoms with Gasteiger partial charge in [0.15, 0.2) is 11.6 Å². The van der Waals surface area contributed by atoms with Gasteiger partial charge < -0.3 is 10.8 Å². The second-order valence-corrected chi connectivity index (χ2v) is 2.46. The number of rotatable bonds is 2. The fourth-order valence-electron chi connectivity index (χ4n) is 0.880. The second kappa shape index (κ2) is 4.00. The lowest BCUT2D eigenvalue weighted by Crippen LogP contribution is -1.92. The molecular weight excluding hydrogens is 176 g/mol. The van der Waals surface area contributed by atoms with Gasteiger partial charge in [-0.3, -0.25) is 0 Å². The quantitative estimate of drug-likeness (QED) is 0.735. The Hall–Kier alpha value is -1.42. The first-order chi connectivity index (χ1) is 6.15. The van der Waals surface area contributed by atoms with E-state index in [1.165, 1.54) is 12.2 Å². The summed E-state index contributed by atoms with van der Waals surface area (Å²) in [6.45, 7) is 0.276. The highest BCUT2D eigenvalue weighted by Crippen LogP contribution is 2.21. The monoisotopic (exact) mass is 185 g/mol. The molecular formula is C9H9F2NO. The summed E-state index contributed by atoms with van der Waals surface area (Å²) in [7, 11) is 0. The summed E-state index contributed by atoms with van der Waals surface area (Å²) in [5.74, 6) is -2.36. The zero-order chi connectivity index (χ0) is 9.84. The van der Waals surface area contributed by atoms with E-state index in [9.17, 15) is 8.78 Å². The Balaban J connectivity index is 3.08. The third-order valence-corrected chi connectivity index (χ3v) is 1.50. The summed E-state index contributed by atoms with van der Waals surface area (Å²) in [6, 6.07) is 1.64. The Bertz CT molecular complexity index is 337. The van der Waals surface area contributed by atoms with Crippen molar-refractivity contribution in [2.75, 3.05) is 6.54 Å². The van der Waals surface area contributed by atoms with Crippen LogP contribution in [0.4, 0.5) is 8.78 Å². The molecule has 0 amide bonds. The van der Waals surface area contributed by atoms with Crippen LogP contribution in [0.5, 0.6) is 5.75 Å². The second-order valence-electron chi connectivity index (χ2n) is 2.46. The van der Waals surface area contributed by atoms with Crippen LogP contribution in [0.1, 0.15) is 5.56 Å². The van der Waals surface area contributed by atoms with Crippen LogP contribution < -0.4 is 5.73 Å². The van der Waals surface area contributed by atoms with Crippen molar-refractivity contribution in [2.45, 2.75) is 0 Å². The number of phenols is 1. The van der Waals surface area contributed by atoms with Crippen molar-refractivity contribution in [1.29, 1.82) is 0 Å². The first-order valence-corrected chi connectivity index (χ1v) is 3.69. The highest BCUT2D eigenvalue weighted by atomic mass is 19.2. The summed E-state index contributed by atoms with van der Waals surface area (Å²) in [4.78, 5) is 0. The Labute approximate surface area is 74.3 Å². The number of phenolic OH excluding ortho intramolecular Hbond substituents is 1. The minimum atomic E-state index is -1.07. The van der Waals surface area contributed by atoms with Crippen LogP contribution >= 0.6 is 0 Å². The molecule has 4 heteroatoms. The van der Waals surface area contributed by atoms with Gasteiger partial charge in [-0.05, 0) is 6.07 Å². The molecule has 2 nitrogen and oxygen atoms in total. The molecule has 1 aromatic rings. The van der Waals surface area contributed by atoms with E-state index in [1.54, 1.807) is 0 Å². The van der Waals surface area contributed by atoms with Crippen molar-refractivity contribution in [2.24, 2.45) is 5.73 Å². The third kappa shape index (κ3) is 2.26. The molecule has 0 bridgehead atoms. The molecule has 0 atom stereocenters. The molecule has 0 unspecified atom stereocenters. The fraction of sp³-hybridized carbons (Fsp3) is 0.111. The predicted molar refractivity (Wildman–Crippen MR) is 46.1 cm³/mol. The largest absolute Gasteiger partial charge is 0.507 e. The summed E-state index contributed by atoms with van der Waals surface area (Å²) in [6.07, 6.45) is 2.96. The van der Waals surface area contributed by atoms with Gasteiger partial charge in [-0.1, -0.05) is 12.2 Å². The standard InChI is InChI=1S/C9H9F2NO/c10-7-4-6(2-1-3-12)9(13)5-8(7)11/h1-2,4-5,13H,3,12H2/b2-1+. The van der Waals surface area contributed by atoms with E-state index >= 15 is 0 Å². The smallest absolute Gasteiger partial charge is 0.162 e. The van der Waals surface area contributed by atoms with E-state index in [0.717, 1.165) is 12.1 Å². The maximum Gasteiger partial charge on any atom is 0.162 e. The average Bonchev–Trinajstić information content (AvgIpc) is 2.09. The number of nitrogens with two attached hydrogens (primary N) is 1. The van der Waals surface area contributed by atoms with Gasteiger partial charge in [0.25, 0.3) is 0 Å². The van der Waals surface area contributed by atoms with Crippen molar-refractivity contribution in [3.63, 3.8) is 0 Å². The molecule has 0 radical (unpaired) electrons. The predicted octanol–water partition coefficient (Wildman–Crippen LogP) is 1.64. The van der Waals surface area contributed by atoms with Gasteiger partial charge in [-0.15, -0.1) is 0 Å². The molecule has 3 N–H and O–H groups in total. The molecule has 0 aromatic heterocycles. The van der Waals surface area contributed by atoms with Crippen LogP contribution in [0.25, 0.3) is 6.08 Å². The van der Waals surface area contributed by atoms with Gasteiger partial charge in [-0.25, -0.2) is 8.78 Å². The van der Waals surface area contributed by atoms with Crippen LogP contribution in [-0.2, 0) is 0 Å². The molecule has 13 heavy (non-hydrogen) atoms. The van der Waals surface area contributed by atoms with Crippen LogP contribution in [-0.4, -0.2) is 11.7 Å². The SMILES string of the molecule is NC/C=C/c1cc(F)c(F)cc1O. The molecule has 0 aliphatic heterocycles. The zero-order valence-corrected chi connectivity index (χ0v) is 6.80. The first-order valence-electron chi connectivity index (χ1n) is 3.69. The zero-order valence-electron chi connectivity index (χ0n) is 6.80. The summed E-state index contributed by atoms with van der Waals surface area (Å²) >= 11 is 0. The van der Waals surface area contributed by atoms with Crippen molar-refractivity contribution >= 4 is 6.08 Å². The van der Waals surface area contributed by atoms with Crippen LogP contribution in [0.3, 0.4) is 0 Å². The lowest BCUT2D eigenvalue weighted by molar-refractivity contribution is 0.453. The molecule has 0 saturated carbocycles. The maximum absolute atomic E-state index is 12.6. The van der Waals surface area contributed by atoms with Crippen LogP contribution in [0.15, 0.2) is 18.2 Å². The number of hydrogen-bond donors (Lipinski definition) is 2. The van der Waals surface area contributed by atoms with Gasteiger partial charge in [0.1, 0.15) is 5.75 Å². The fourth-order valence-corrected chi connectivity index (χ4v) is 0.880. The van der Waals surface area contributed by atoms with Crippen molar-refractivity contribution in [3.05, 3.63) is 35.4 Å². The molecule has 0 saturated heterocycles. The van der Waals surface area contributed by atoms with E-state index in [-0.39, 0.29) is 17.9 Å². The number of hydrogen-bond acceptors (Lipinski definition) is 2. The summed E-state index contributed by atoms with van der Waals surface area (Å²) < 4.78 is 25.1. The third-order valence-electron chi connectivity index (χ3n) is 1.50. The minimum absolute atomic E-state index is 0.212. The van der Waals surface area contributed by atoms with Gasteiger partial charge in [0, 0.05) is 18.2 Å². The van der Waals surface area contributed by atoms with Gasteiger partial charge in [0.05, 0.1) is 0 Å². The molecule has 70 valence electrons. The molecule has 0 spiro atoms. The van der Waals surface area contributed by atoms with Crippen molar-refractivity contribution in [3.8, 4) is 5.75 Å². The highest BCUT2D eigenvalue weighted by molar-refractivity contribution is 5.56. The summed E-state index contributed by atoms with van der Waals surface area (Å²) in [5, 5.41) is 9.14. The van der Waals surface area contributed by atoms with Crippen LogP contribution in [0, 0.1) is 11.6 Å². The van der Waals surface area contributed by atoms with Gasteiger partial charge in [-0.2, -0.15) is 0 Å². The van der Waals surface area contributed by atoms with Gasteiger partial charge in [0.2, 0.25) is 0 Å². The number of aromatic hydroxyl groups is 1. The molecule has 0 fully saturated rings. The maximum atomic E-state index is 12.6. The van der Waals surface area contributed by atoms with Gasteiger partial charge >= 0.3 is 0 Å². The lowest BCUT2D eigenvalue weighted by atomic mass is 10.2. The number of benzene rings is 1. The Morgan fingerprint density at radius 2 is 1.92 bits per heavy atom. The number of halogens is 2. The molecule has 1 rings (SSSR count). The van der Waals surface area contributed by atoms with Crippen LogP contribution in [0.2, 0.25) is 0 Å². The van der Waals surface area contributed by atoms with Crippen molar-refractivity contribution in [1.82, 2.24) is 0 Å². The van der Waals surface area contributed by atoms with E-state index < -0.39 is 11.6 Å². The van der Waals surface area contributed by atoms with Crippen molar-refractivity contribution < 1.29 is 13.9 Å². The molecule has 0 heterocycles. The first kappa shape index (κ1) is 9.67. The van der Waals surface area contributed by atoms with E-state index in [4.69, 9.17) is 10.8 Å². The Morgan fingerprint density at radius 3 is 2.54 bits per heavy atom. The lowest BCUT2D eigenvalue weighted by Gasteiger charge is -1.99. The Morgan fingerprint density at radius 1 is 1.31 bits per heavy atom. The molecule has 0 aliphatic rings. The molecule has 1 aromatic carbocycles. The van der Waals surface area contributed by atoms with E-state index in [1.807, 2.05) is 0 Å². The minimum Gasteiger partial charge on any atom is -0.507 e. The Kier molecular flexibility index (Phi) is 2.97. The average molecular weight is 185 g/mol. The summed E-state index contributed by atoms with van der Waals surface area (Å²) in [5.41, 5.74) is 5.37. The highest BCUT2D eigenvalue weighted by Gasteiger charge is 2.05. The molecule has 0 aliphatic carbocycles. The van der Waals surface area contributed by atoms with E-state index in [0.29, 0.717) is 0 Å². The van der Waals surface area contributed by atoms with E-state index in [2.05, 4.69) is 0 Å². The normalized spacial score (nSPS) is 11.0. The topological polar surface area (TPSA) is 46.2 Å².